The van der Waals surface area contributed by atoms with E-state index in [4.69, 9.17) is 0 Å². The molecule has 0 aromatic carbocycles. The van der Waals surface area contributed by atoms with Crippen LogP contribution in [-0.4, -0.2) is 15.5 Å². The van der Waals surface area contributed by atoms with Crippen LogP contribution in [0.15, 0.2) is 0 Å². The Morgan fingerprint density at radius 3 is 2.43 bits per heavy atom. The summed E-state index contributed by atoms with van der Waals surface area (Å²) >= 11 is 0. The van der Waals surface area contributed by atoms with E-state index in [2.05, 4.69) is 27.5 Å². The van der Waals surface area contributed by atoms with Crippen molar-refractivity contribution >= 4 is 0 Å². The number of hydrogen-bond acceptors (Lipinski definition) is 3. The molecule has 31 valence electrons. The van der Waals surface area contributed by atoms with Crippen LogP contribution in [0.3, 0.4) is 0 Å². The normalized spacial score (nSPS) is 7.57. The van der Waals surface area contributed by atoms with Crippen molar-refractivity contribution in [2.24, 2.45) is 0 Å². The molecule has 0 spiro atoms. The summed E-state index contributed by atoms with van der Waals surface area (Å²) in [7, 11) is 0. The number of tetrazole rings is 1. The van der Waals surface area contributed by atoms with Gasteiger partial charge in [0.25, 0.3) is 0 Å². The van der Waals surface area contributed by atoms with Crippen molar-refractivity contribution in [3.8, 4) is 0 Å². The Morgan fingerprint density at radius 1 is 1.57 bits per heavy atom. The molecule has 1 radical (unpaired) electrons. The van der Waals surface area contributed by atoms with Gasteiger partial charge in [-0.05, 0) is 6.92 Å². The van der Waals surface area contributed by atoms with Gasteiger partial charge in [-0.25, -0.2) is 0 Å². The molecule has 0 saturated heterocycles. The van der Waals surface area contributed by atoms with Gasteiger partial charge in [-0.2, -0.15) is 5.21 Å². The first kappa shape index (κ1) is 7.71. The molecule has 0 aliphatic carbocycles. The second-order valence-corrected chi connectivity index (χ2v) is 0.795. The van der Waals surface area contributed by atoms with Crippen molar-refractivity contribution in [1.29, 1.82) is 0 Å². The minimum absolute atomic E-state index is 0. The monoisotopic (exact) mass is 121 g/mol. The summed E-state index contributed by atoms with van der Waals surface area (Å²) in [5, 5.41) is 13.0. The van der Waals surface area contributed by atoms with Crippen molar-refractivity contribution in [3.63, 3.8) is 0 Å². The molecular weight excluding hydrogens is 119 g/mol. The van der Waals surface area contributed by atoms with Crippen molar-refractivity contribution in [2.75, 3.05) is 0 Å². The van der Waals surface area contributed by atoms with Gasteiger partial charge in [-0.15, -0.1) is 0 Å². The quantitative estimate of drug-likeness (QED) is 0.328. The molecule has 1 heterocycles. The van der Waals surface area contributed by atoms with Gasteiger partial charge in [0.1, 0.15) is 0 Å². The average molecular weight is 121 g/mol. The molecule has 1 aromatic rings. The third-order valence-corrected chi connectivity index (χ3v) is 0.360. The fourth-order valence-electron chi connectivity index (χ4n) is 0.163. The minimum Gasteiger partial charge on any atom is -0.335 e. The van der Waals surface area contributed by atoms with Gasteiger partial charge in [0.2, 0.25) is 0 Å². The zero-order chi connectivity index (χ0) is 4.41. The first-order chi connectivity index (χ1) is 2.89. The van der Waals surface area contributed by atoms with Crippen LogP contribution in [0.25, 0.3) is 0 Å². The smallest absolute Gasteiger partial charge is 0.335 e. The molecule has 5 heteroatoms. The summed E-state index contributed by atoms with van der Waals surface area (Å²) < 4.78 is 0. The minimum atomic E-state index is 0. The molecule has 0 N–H and O–H groups in total. The molecular formula is C2H2KN4. The second-order valence-electron chi connectivity index (χ2n) is 0.795. The Balaban J connectivity index is 0.000000360. The molecule has 0 unspecified atom stereocenters. The zero-order valence-corrected chi connectivity index (χ0v) is 7.12. The van der Waals surface area contributed by atoms with Crippen molar-refractivity contribution in [1.82, 2.24) is 20.6 Å². The van der Waals surface area contributed by atoms with E-state index in [1.165, 1.54) is 0 Å². The van der Waals surface area contributed by atoms with E-state index in [1.54, 1.807) is 0 Å². The van der Waals surface area contributed by atoms with Crippen LogP contribution < -0.4 is 56.5 Å². The average Bonchev–Trinajstić information content (AvgIpc) is 1.86. The predicted molar refractivity (Wildman–Crippen MR) is 17.6 cm³/mol. The van der Waals surface area contributed by atoms with Crippen LogP contribution in [0.5, 0.6) is 0 Å². The summed E-state index contributed by atoms with van der Waals surface area (Å²) in [4.78, 5) is 0. The maximum atomic E-state index is 3.33. The number of rotatable bonds is 0. The van der Waals surface area contributed by atoms with E-state index in [0.717, 1.165) is 0 Å². The fraction of sp³-hybridized carbons (Fsp3) is 0. The SMILES string of the molecule is [CH2]c1nnn[n-]1.[K+]. The predicted octanol–water partition coefficient (Wildman–Crippen LogP) is -3.99. The van der Waals surface area contributed by atoms with E-state index in [0.29, 0.717) is 5.82 Å². The Kier molecular flexibility index (Phi) is 4.05. The van der Waals surface area contributed by atoms with Gasteiger partial charge in [0.15, 0.2) is 0 Å². The van der Waals surface area contributed by atoms with Gasteiger partial charge in [0.05, 0.1) is 0 Å². The molecule has 0 aliphatic heterocycles. The molecule has 0 atom stereocenters. The topological polar surface area (TPSA) is 52.8 Å². The van der Waals surface area contributed by atoms with Gasteiger partial charge in [-0.1, -0.05) is 0 Å². The second kappa shape index (κ2) is 3.68. The molecule has 0 fully saturated rings. The first-order valence-electron chi connectivity index (χ1n) is 1.40. The van der Waals surface area contributed by atoms with Gasteiger partial charge < -0.3 is 5.10 Å². The standard InChI is InChI=1S/C2H2N4.K/c1-2-3-5-6-4-2;/h1H2;/q-1;+1. The van der Waals surface area contributed by atoms with Crippen LogP contribution >= 0.6 is 0 Å². The Labute approximate surface area is 83.5 Å². The van der Waals surface area contributed by atoms with E-state index in [9.17, 15) is 0 Å². The van der Waals surface area contributed by atoms with Crippen molar-refractivity contribution < 1.29 is 51.4 Å². The molecule has 1 aromatic heterocycles. The number of nitrogens with zero attached hydrogens (tertiary/aromatic N) is 4. The summed E-state index contributed by atoms with van der Waals surface area (Å²) in [5.41, 5.74) is 0. The van der Waals surface area contributed by atoms with Crippen LogP contribution in [0.4, 0.5) is 0 Å². The van der Waals surface area contributed by atoms with Gasteiger partial charge in [0, 0.05) is 5.82 Å². The van der Waals surface area contributed by atoms with Gasteiger partial charge >= 0.3 is 51.4 Å². The Hall–Kier alpha value is 0.706. The molecule has 1 rings (SSSR count). The summed E-state index contributed by atoms with van der Waals surface area (Å²) in [5.74, 6) is 0.370. The van der Waals surface area contributed by atoms with Crippen molar-refractivity contribution in [3.05, 3.63) is 12.7 Å². The fourth-order valence-corrected chi connectivity index (χ4v) is 0.163. The van der Waals surface area contributed by atoms with E-state index < -0.39 is 0 Å². The third-order valence-electron chi connectivity index (χ3n) is 0.360. The first-order valence-corrected chi connectivity index (χ1v) is 1.40. The van der Waals surface area contributed by atoms with Crippen LogP contribution in [0.2, 0.25) is 0 Å². The Bertz CT molecular complexity index is 113. The number of hydrogen-bond donors (Lipinski definition) is 0. The van der Waals surface area contributed by atoms with Gasteiger partial charge in [-0.3, -0.25) is 10.3 Å². The van der Waals surface area contributed by atoms with E-state index >= 15 is 0 Å². The number of aromatic nitrogens is 4. The summed E-state index contributed by atoms with van der Waals surface area (Å²) in [6.45, 7) is 3.33. The maximum Gasteiger partial charge on any atom is 1.00 e. The molecule has 0 saturated carbocycles. The van der Waals surface area contributed by atoms with Crippen LogP contribution in [0, 0.1) is 6.92 Å². The molecule has 0 bridgehead atoms. The molecule has 0 aliphatic rings. The third kappa shape index (κ3) is 2.50. The molecule has 0 amide bonds. The zero-order valence-electron chi connectivity index (χ0n) is 4.00. The maximum absolute atomic E-state index is 3.33. The van der Waals surface area contributed by atoms with Crippen LogP contribution in [-0.2, 0) is 0 Å². The summed E-state index contributed by atoms with van der Waals surface area (Å²) in [6.07, 6.45) is 0. The summed E-state index contributed by atoms with van der Waals surface area (Å²) in [6, 6.07) is 0. The Morgan fingerprint density at radius 2 is 2.29 bits per heavy atom. The molecule has 7 heavy (non-hydrogen) atoms. The molecule has 4 nitrogen and oxygen atoms in total. The van der Waals surface area contributed by atoms with E-state index in [1.807, 2.05) is 0 Å². The largest absolute Gasteiger partial charge is 1.00 e. The van der Waals surface area contributed by atoms with Crippen LogP contribution in [0.1, 0.15) is 5.82 Å². The van der Waals surface area contributed by atoms with Crippen molar-refractivity contribution in [2.45, 2.75) is 0 Å². The van der Waals surface area contributed by atoms with E-state index in [-0.39, 0.29) is 51.4 Å².